The average Bonchev–Trinajstić information content (AvgIpc) is 2.94. The van der Waals surface area contributed by atoms with Gasteiger partial charge in [0.15, 0.2) is 11.6 Å². The summed E-state index contributed by atoms with van der Waals surface area (Å²) in [6.45, 7) is 6.69. The Morgan fingerprint density at radius 3 is 3.00 bits per heavy atom. The Balaban J connectivity index is 1.86. The van der Waals surface area contributed by atoms with Crippen LogP contribution in [0.15, 0.2) is 6.33 Å². The van der Waals surface area contributed by atoms with Crippen LogP contribution in [0.5, 0.6) is 0 Å². The van der Waals surface area contributed by atoms with E-state index in [9.17, 15) is 4.39 Å². The zero-order valence-corrected chi connectivity index (χ0v) is 13.1. The van der Waals surface area contributed by atoms with Gasteiger partial charge in [0, 0.05) is 38.1 Å². The second-order valence-electron chi connectivity index (χ2n) is 6.62. The van der Waals surface area contributed by atoms with Gasteiger partial charge in [-0.1, -0.05) is 6.92 Å². The van der Waals surface area contributed by atoms with Gasteiger partial charge in [-0.25, -0.2) is 14.4 Å². The molecule has 3 heterocycles. The molecular weight excluding hydrogens is 269 g/mol. The summed E-state index contributed by atoms with van der Waals surface area (Å²) in [5.41, 5.74) is 0.713. The van der Waals surface area contributed by atoms with E-state index in [1.54, 1.807) is 0 Å². The largest absolute Gasteiger partial charge is 0.353 e. The lowest BCUT2D eigenvalue weighted by Gasteiger charge is -2.31. The molecular formula is C15H24FN5. The smallest absolute Gasteiger partial charge is 0.187 e. The summed E-state index contributed by atoms with van der Waals surface area (Å²) in [6, 6.07) is 0. The first-order chi connectivity index (χ1) is 10.1. The predicted octanol–water partition coefficient (Wildman–Crippen LogP) is 0.766. The molecule has 2 aliphatic rings. The molecule has 116 valence electrons. The van der Waals surface area contributed by atoms with Gasteiger partial charge in [-0.2, -0.15) is 0 Å². The van der Waals surface area contributed by atoms with Crippen molar-refractivity contribution >= 4 is 5.82 Å². The van der Waals surface area contributed by atoms with E-state index in [1.807, 2.05) is 6.92 Å². The minimum atomic E-state index is -0.243. The molecule has 0 bridgehead atoms. The van der Waals surface area contributed by atoms with E-state index in [0.29, 0.717) is 23.9 Å². The fourth-order valence-corrected chi connectivity index (χ4v) is 3.90. The molecule has 1 N–H and O–H groups in total. The van der Waals surface area contributed by atoms with E-state index in [4.69, 9.17) is 0 Å². The highest BCUT2D eigenvalue weighted by Gasteiger charge is 2.50. The third-order valence-corrected chi connectivity index (χ3v) is 4.79. The molecule has 2 saturated heterocycles. The Kier molecular flexibility index (Phi) is 3.84. The number of rotatable bonds is 4. The molecule has 6 heteroatoms. The maximum absolute atomic E-state index is 14.5. The van der Waals surface area contributed by atoms with E-state index in [2.05, 4.69) is 39.2 Å². The highest BCUT2D eigenvalue weighted by molar-refractivity contribution is 5.44. The van der Waals surface area contributed by atoms with Crippen LogP contribution < -0.4 is 10.2 Å². The van der Waals surface area contributed by atoms with Crippen LogP contribution in [-0.4, -0.2) is 61.7 Å². The summed E-state index contributed by atoms with van der Waals surface area (Å²) in [7, 11) is 4.21. The standard InChI is InChI=1S/C15H24FN5/c1-4-12-13(16)14(19-10-18-12)21-6-11-5-17-7-15(11,9-21)8-20(2)3/h10-11,17H,4-9H2,1-3H3. The van der Waals surface area contributed by atoms with Gasteiger partial charge in [-0.3, -0.25) is 0 Å². The molecule has 0 amide bonds. The van der Waals surface area contributed by atoms with Crippen LogP contribution in [0.2, 0.25) is 0 Å². The molecule has 3 rings (SSSR count). The van der Waals surface area contributed by atoms with Crippen molar-refractivity contribution in [2.75, 3.05) is 51.7 Å². The molecule has 0 spiro atoms. The lowest BCUT2D eigenvalue weighted by molar-refractivity contribution is 0.205. The summed E-state index contributed by atoms with van der Waals surface area (Å²) in [5, 5.41) is 3.50. The number of aryl methyl sites for hydroxylation is 1. The van der Waals surface area contributed by atoms with Crippen molar-refractivity contribution in [3.8, 4) is 0 Å². The highest BCUT2D eigenvalue weighted by atomic mass is 19.1. The van der Waals surface area contributed by atoms with E-state index < -0.39 is 0 Å². The first kappa shape index (κ1) is 14.7. The summed E-state index contributed by atoms with van der Waals surface area (Å²) >= 11 is 0. The van der Waals surface area contributed by atoms with Crippen molar-refractivity contribution in [2.24, 2.45) is 11.3 Å². The van der Waals surface area contributed by atoms with E-state index in [1.165, 1.54) is 6.33 Å². The van der Waals surface area contributed by atoms with Crippen molar-refractivity contribution < 1.29 is 4.39 Å². The van der Waals surface area contributed by atoms with Crippen LogP contribution in [0.4, 0.5) is 10.2 Å². The molecule has 0 saturated carbocycles. The lowest BCUT2D eigenvalue weighted by atomic mass is 9.80. The second kappa shape index (κ2) is 5.50. The predicted molar refractivity (Wildman–Crippen MR) is 80.9 cm³/mol. The van der Waals surface area contributed by atoms with Gasteiger partial charge in [-0.05, 0) is 26.4 Å². The fraction of sp³-hybridized carbons (Fsp3) is 0.733. The monoisotopic (exact) mass is 293 g/mol. The molecule has 21 heavy (non-hydrogen) atoms. The molecule has 5 nitrogen and oxygen atoms in total. The average molecular weight is 293 g/mol. The normalized spacial score (nSPS) is 28.4. The Labute approximate surface area is 125 Å². The first-order valence-electron chi connectivity index (χ1n) is 7.65. The summed E-state index contributed by atoms with van der Waals surface area (Å²) in [5.74, 6) is 0.793. The molecule has 2 unspecified atom stereocenters. The minimum absolute atomic E-state index is 0.202. The van der Waals surface area contributed by atoms with Gasteiger partial charge in [0.25, 0.3) is 0 Å². The van der Waals surface area contributed by atoms with E-state index >= 15 is 0 Å². The molecule has 0 aliphatic carbocycles. The van der Waals surface area contributed by atoms with Crippen molar-refractivity contribution in [3.63, 3.8) is 0 Å². The summed E-state index contributed by atoms with van der Waals surface area (Å²) < 4.78 is 14.5. The Hall–Kier alpha value is -1.27. The van der Waals surface area contributed by atoms with Gasteiger partial charge in [0.2, 0.25) is 0 Å². The van der Waals surface area contributed by atoms with Crippen LogP contribution >= 0.6 is 0 Å². The Morgan fingerprint density at radius 2 is 2.29 bits per heavy atom. The summed E-state index contributed by atoms with van der Waals surface area (Å²) in [6.07, 6.45) is 2.09. The number of fused-ring (bicyclic) bond motifs is 1. The fourth-order valence-electron chi connectivity index (χ4n) is 3.90. The molecule has 1 aromatic rings. The molecule has 2 atom stereocenters. The van der Waals surface area contributed by atoms with Crippen LogP contribution in [0.3, 0.4) is 0 Å². The number of nitrogens with one attached hydrogen (secondary N) is 1. The Bertz CT molecular complexity index is 521. The van der Waals surface area contributed by atoms with Crippen molar-refractivity contribution in [2.45, 2.75) is 13.3 Å². The molecule has 0 aromatic carbocycles. The quantitative estimate of drug-likeness (QED) is 0.888. The number of hydrogen-bond acceptors (Lipinski definition) is 5. The third-order valence-electron chi connectivity index (χ3n) is 4.79. The van der Waals surface area contributed by atoms with E-state index in [-0.39, 0.29) is 11.2 Å². The number of halogens is 1. The minimum Gasteiger partial charge on any atom is -0.353 e. The maximum Gasteiger partial charge on any atom is 0.187 e. The van der Waals surface area contributed by atoms with Crippen molar-refractivity contribution in [1.82, 2.24) is 20.2 Å². The van der Waals surface area contributed by atoms with Crippen LogP contribution in [-0.2, 0) is 6.42 Å². The van der Waals surface area contributed by atoms with Crippen LogP contribution in [0, 0.1) is 17.2 Å². The second-order valence-corrected chi connectivity index (χ2v) is 6.62. The van der Waals surface area contributed by atoms with Crippen LogP contribution in [0.1, 0.15) is 12.6 Å². The zero-order chi connectivity index (χ0) is 15.0. The van der Waals surface area contributed by atoms with Gasteiger partial charge in [0.1, 0.15) is 6.33 Å². The first-order valence-corrected chi connectivity index (χ1v) is 7.65. The number of anilines is 1. The highest BCUT2D eigenvalue weighted by Crippen LogP contribution is 2.41. The third kappa shape index (κ3) is 2.51. The molecule has 2 aliphatic heterocycles. The number of aromatic nitrogens is 2. The SMILES string of the molecule is CCc1ncnc(N2CC3CNCC3(CN(C)C)C2)c1F. The zero-order valence-electron chi connectivity index (χ0n) is 13.1. The maximum atomic E-state index is 14.5. The van der Waals surface area contributed by atoms with Crippen LogP contribution in [0.25, 0.3) is 0 Å². The van der Waals surface area contributed by atoms with Gasteiger partial charge < -0.3 is 15.1 Å². The lowest BCUT2D eigenvalue weighted by Crippen LogP contribution is -2.41. The van der Waals surface area contributed by atoms with Gasteiger partial charge in [-0.15, -0.1) is 0 Å². The van der Waals surface area contributed by atoms with Crippen molar-refractivity contribution in [1.29, 1.82) is 0 Å². The Morgan fingerprint density at radius 1 is 1.48 bits per heavy atom. The number of hydrogen-bond donors (Lipinski definition) is 1. The van der Waals surface area contributed by atoms with Gasteiger partial charge in [0.05, 0.1) is 5.69 Å². The van der Waals surface area contributed by atoms with E-state index in [0.717, 1.165) is 32.7 Å². The van der Waals surface area contributed by atoms with Crippen molar-refractivity contribution in [3.05, 3.63) is 17.8 Å². The molecule has 1 aromatic heterocycles. The number of nitrogens with zero attached hydrogens (tertiary/aromatic N) is 4. The summed E-state index contributed by atoms with van der Waals surface area (Å²) in [4.78, 5) is 12.6. The molecule has 2 fully saturated rings. The van der Waals surface area contributed by atoms with Gasteiger partial charge >= 0.3 is 0 Å². The topological polar surface area (TPSA) is 44.3 Å². The molecule has 0 radical (unpaired) electrons.